The largest absolute Gasteiger partial charge is 0.369 e. The lowest BCUT2D eigenvalue weighted by Gasteiger charge is -2.35. The normalized spacial score (nSPS) is 14.7. The van der Waals surface area contributed by atoms with Crippen molar-refractivity contribution >= 4 is 22.9 Å². The summed E-state index contributed by atoms with van der Waals surface area (Å²) in [4.78, 5) is 23.6. The third kappa shape index (κ3) is 5.04. The predicted octanol–water partition coefficient (Wildman–Crippen LogP) is 3.88. The lowest BCUT2D eigenvalue weighted by Crippen LogP contribution is -2.45. The summed E-state index contributed by atoms with van der Waals surface area (Å²) >= 11 is 1.54. The Balaban J connectivity index is 1.29. The van der Waals surface area contributed by atoms with Gasteiger partial charge in [0.15, 0.2) is 0 Å². The first-order valence-corrected chi connectivity index (χ1v) is 10.9. The van der Waals surface area contributed by atoms with Crippen molar-refractivity contribution in [2.24, 2.45) is 0 Å². The molecule has 1 fully saturated rings. The van der Waals surface area contributed by atoms with Crippen LogP contribution >= 0.6 is 11.3 Å². The Kier molecular flexibility index (Phi) is 6.40. The van der Waals surface area contributed by atoms with E-state index >= 15 is 0 Å². The average Bonchev–Trinajstić information content (AvgIpc) is 3.23. The van der Waals surface area contributed by atoms with Crippen LogP contribution < -0.4 is 4.90 Å². The summed E-state index contributed by atoms with van der Waals surface area (Å²) in [5.74, 6) is -0.261. The van der Waals surface area contributed by atoms with E-state index in [9.17, 15) is 9.18 Å². The van der Waals surface area contributed by atoms with Gasteiger partial charge in [0.1, 0.15) is 16.5 Å². The number of piperazine rings is 1. The first kappa shape index (κ1) is 20.5. The van der Waals surface area contributed by atoms with Crippen LogP contribution in [0.15, 0.2) is 60.0 Å². The zero-order chi connectivity index (χ0) is 20.9. The highest BCUT2D eigenvalue weighted by Crippen LogP contribution is 2.19. The summed E-state index contributed by atoms with van der Waals surface area (Å²) in [5, 5.41) is 2.81. The maximum absolute atomic E-state index is 13.1. The van der Waals surface area contributed by atoms with Crippen LogP contribution in [0.5, 0.6) is 0 Å². The molecule has 30 heavy (non-hydrogen) atoms. The molecule has 156 valence electrons. The number of anilines is 1. The van der Waals surface area contributed by atoms with E-state index in [4.69, 9.17) is 0 Å². The van der Waals surface area contributed by atoms with E-state index in [0.717, 1.165) is 49.0 Å². The van der Waals surface area contributed by atoms with Crippen molar-refractivity contribution in [1.29, 1.82) is 0 Å². The van der Waals surface area contributed by atoms with Gasteiger partial charge in [-0.3, -0.25) is 9.69 Å². The monoisotopic (exact) mass is 424 g/mol. The van der Waals surface area contributed by atoms with Gasteiger partial charge >= 0.3 is 0 Å². The van der Waals surface area contributed by atoms with Gasteiger partial charge in [-0.1, -0.05) is 30.3 Å². The molecule has 0 radical (unpaired) electrons. The third-order valence-corrected chi connectivity index (χ3v) is 6.14. The molecular formula is C23H25FN4OS. The third-order valence-electron chi connectivity index (χ3n) is 5.30. The molecule has 0 N–H and O–H groups in total. The summed E-state index contributed by atoms with van der Waals surface area (Å²) in [6, 6.07) is 16.6. The molecule has 0 saturated carbocycles. The van der Waals surface area contributed by atoms with Crippen LogP contribution in [0.2, 0.25) is 0 Å². The fourth-order valence-corrected chi connectivity index (χ4v) is 4.42. The van der Waals surface area contributed by atoms with Gasteiger partial charge in [-0.2, -0.15) is 0 Å². The molecule has 5 nitrogen and oxygen atoms in total. The van der Waals surface area contributed by atoms with Gasteiger partial charge in [0, 0.05) is 50.8 Å². The van der Waals surface area contributed by atoms with E-state index in [2.05, 4.69) is 14.8 Å². The molecule has 4 rings (SSSR count). The van der Waals surface area contributed by atoms with Crippen molar-refractivity contribution in [3.05, 3.63) is 82.1 Å². The Morgan fingerprint density at radius 3 is 2.47 bits per heavy atom. The molecule has 0 atom stereocenters. The zero-order valence-electron chi connectivity index (χ0n) is 17.0. The van der Waals surface area contributed by atoms with Crippen LogP contribution in [0.1, 0.15) is 21.1 Å². The van der Waals surface area contributed by atoms with E-state index in [1.165, 1.54) is 23.5 Å². The Hall–Kier alpha value is -2.77. The minimum Gasteiger partial charge on any atom is -0.369 e. The van der Waals surface area contributed by atoms with Gasteiger partial charge in [0.25, 0.3) is 5.91 Å². The number of carbonyl (C=O) groups is 1. The highest BCUT2D eigenvalue weighted by molar-refractivity contribution is 7.09. The maximum atomic E-state index is 13.1. The molecular weight excluding hydrogens is 399 g/mol. The van der Waals surface area contributed by atoms with E-state index < -0.39 is 0 Å². The number of hydrogen-bond donors (Lipinski definition) is 0. The quantitative estimate of drug-likeness (QED) is 0.602. The van der Waals surface area contributed by atoms with E-state index in [-0.39, 0.29) is 11.7 Å². The Bertz CT molecular complexity index is 968. The highest BCUT2D eigenvalue weighted by Gasteiger charge is 2.20. The summed E-state index contributed by atoms with van der Waals surface area (Å²) < 4.78 is 13.1. The van der Waals surface area contributed by atoms with Gasteiger partial charge < -0.3 is 9.80 Å². The Labute approximate surface area is 180 Å². The zero-order valence-corrected chi connectivity index (χ0v) is 17.8. The molecule has 2 aromatic carbocycles. The summed E-state index contributed by atoms with van der Waals surface area (Å²) in [6.45, 7) is 4.92. The molecule has 0 bridgehead atoms. The maximum Gasteiger partial charge on any atom is 0.273 e. The molecule has 2 heterocycles. The minimum absolute atomic E-state index is 0.0533. The number of rotatable bonds is 6. The van der Waals surface area contributed by atoms with Crippen LogP contribution in [0.25, 0.3) is 0 Å². The van der Waals surface area contributed by atoms with Gasteiger partial charge in [0.05, 0.1) is 6.54 Å². The molecule has 1 aromatic heterocycles. The molecule has 1 aliphatic rings. The Morgan fingerprint density at radius 2 is 1.77 bits per heavy atom. The number of carbonyl (C=O) groups excluding carboxylic acids is 1. The van der Waals surface area contributed by atoms with E-state index in [0.29, 0.717) is 12.2 Å². The molecule has 0 unspecified atom stereocenters. The van der Waals surface area contributed by atoms with Crippen LogP contribution in [0.4, 0.5) is 10.1 Å². The average molecular weight is 425 g/mol. The molecule has 1 aliphatic heterocycles. The summed E-state index contributed by atoms with van der Waals surface area (Å²) in [5.41, 5.74) is 2.67. The van der Waals surface area contributed by atoms with E-state index in [1.54, 1.807) is 4.90 Å². The van der Waals surface area contributed by atoms with Crippen molar-refractivity contribution in [2.75, 3.05) is 38.1 Å². The number of thiazole rings is 1. The smallest absolute Gasteiger partial charge is 0.273 e. The summed E-state index contributed by atoms with van der Waals surface area (Å²) in [7, 11) is 1.81. The Morgan fingerprint density at radius 1 is 1.07 bits per heavy atom. The number of nitrogens with zero attached hydrogens (tertiary/aromatic N) is 4. The number of halogens is 1. The number of benzene rings is 2. The fraction of sp³-hybridized carbons (Fsp3) is 0.304. The van der Waals surface area contributed by atoms with Gasteiger partial charge in [-0.15, -0.1) is 11.3 Å². The first-order valence-electron chi connectivity index (χ1n) is 10.0. The SMILES string of the molecule is CN(Cc1ccccc1)C(=O)c1csc(CN2CCN(c3ccc(F)cc3)CC2)n1. The van der Waals surface area contributed by atoms with Crippen molar-refractivity contribution in [3.63, 3.8) is 0 Å². The number of hydrogen-bond acceptors (Lipinski definition) is 5. The second kappa shape index (κ2) is 9.36. The van der Waals surface area contributed by atoms with Gasteiger partial charge in [0.2, 0.25) is 0 Å². The summed E-state index contributed by atoms with van der Waals surface area (Å²) in [6.07, 6.45) is 0. The second-order valence-electron chi connectivity index (χ2n) is 7.51. The fourth-order valence-electron chi connectivity index (χ4n) is 3.61. The number of amides is 1. The van der Waals surface area contributed by atoms with Gasteiger partial charge in [-0.05, 0) is 29.8 Å². The minimum atomic E-state index is -0.207. The van der Waals surface area contributed by atoms with Crippen LogP contribution in [-0.2, 0) is 13.1 Å². The molecule has 3 aromatic rings. The predicted molar refractivity (Wildman–Crippen MR) is 118 cm³/mol. The van der Waals surface area contributed by atoms with Crippen molar-refractivity contribution in [3.8, 4) is 0 Å². The first-order chi connectivity index (χ1) is 14.6. The van der Waals surface area contributed by atoms with Crippen molar-refractivity contribution < 1.29 is 9.18 Å². The number of aromatic nitrogens is 1. The lowest BCUT2D eigenvalue weighted by atomic mass is 10.2. The van der Waals surface area contributed by atoms with Crippen molar-refractivity contribution in [2.45, 2.75) is 13.1 Å². The van der Waals surface area contributed by atoms with Crippen LogP contribution in [0.3, 0.4) is 0 Å². The highest BCUT2D eigenvalue weighted by atomic mass is 32.1. The second-order valence-corrected chi connectivity index (χ2v) is 8.46. The molecule has 1 saturated heterocycles. The van der Waals surface area contributed by atoms with Crippen LogP contribution in [-0.4, -0.2) is 53.9 Å². The topological polar surface area (TPSA) is 39.7 Å². The van der Waals surface area contributed by atoms with Crippen LogP contribution in [0, 0.1) is 5.82 Å². The molecule has 0 aliphatic carbocycles. The van der Waals surface area contributed by atoms with Gasteiger partial charge in [-0.25, -0.2) is 9.37 Å². The molecule has 0 spiro atoms. The van der Waals surface area contributed by atoms with Crippen molar-refractivity contribution in [1.82, 2.24) is 14.8 Å². The molecule has 1 amide bonds. The molecule has 7 heteroatoms. The standard InChI is InChI=1S/C23H25FN4OS/c1-26(15-18-5-3-2-4-6-18)23(29)21-17-30-22(25-21)16-27-11-13-28(14-12-27)20-9-7-19(24)8-10-20/h2-10,17H,11-16H2,1H3. The lowest BCUT2D eigenvalue weighted by molar-refractivity contribution is 0.0779. The van der Waals surface area contributed by atoms with E-state index in [1.807, 2.05) is 54.9 Å².